The van der Waals surface area contributed by atoms with Gasteiger partial charge in [-0.3, -0.25) is 0 Å². The van der Waals surface area contributed by atoms with Gasteiger partial charge in [-0.15, -0.1) is 0 Å². The van der Waals surface area contributed by atoms with Gasteiger partial charge in [-0.2, -0.15) is 0 Å². The lowest BCUT2D eigenvalue weighted by atomic mass is 10.1. The highest BCUT2D eigenvalue weighted by Crippen LogP contribution is 2.16. The van der Waals surface area contributed by atoms with E-state index in [-0.39, 0.29) is 0 Å². The van der Waals surface area contributed by atoms with Crippen LogP contribution in [0.15, 0.2) is 42.7 Å². The monoisotopic (exact) mass is 248 g/mol. The van der Waals surface area contributed by atoms with Crippen molar-refractivity contribution in [3.63, 3.8) is 0 Å². The SMILES string of the molecule is CC(Cc1ccccc1Cl)NCc1cc[nH]c1. The molecule has 0 amide bonds. The molecule has 2 N–H and O–H groups in total. The fourth-order valence-corrected chi connectivity index (χ4v) is 2.04. The van der Waals surface area contributed by atoms with Crippen LogP contribution in [0.5, 0.6) is 0 Å². The molecule has 90 valence electrons. The highest BCUT2D eigenvalue weighted by molar-refractivity contribution is 6.31. The second kappa shape index (κ2) is 5.89. The Kier molecular flexibility index (Phi) is 4.24. The van der Waals surface area contributed by atoms with Crippen LogP contribution in [0.25, 0.3) is 0 Å². The maximum Gasteiger partial charge on any atom is 0.0438 e. The van der Waals surface area contributed by atoms with E-state index >= 15 is 0 Å². The fourth-order valence-electron chi connectivity index (χ4n) is 1.83. The highest BCUT2D eigenvalue weighted by atomic mass is 35.5. The van der Waals surface area contributed by atoms with Crippen molar-refractivity contribution in [1.29, 1.82) is 0 Å². The van der Waals surface area contributed by atoms with E-state index in [1.807, 2.05) is 30.6 Å². The number of nitrogens with one attached hydrogen (secondary N) is 2. The molecule has 0 aliphatic carbocycles. The molecule has 1 aromatic carbocycles. The Hall–Kier alpha value is -1.25. The summed E-state index contributed by atoms with van der Waals surface area (Å²) in [7, 11) is 0. The predicted molar refractivity (Wildman–Crippen MR) is 72.3 cm³/mol. The lowest BCUT2D eigenvalue weighted by Gasteiger charge is -2.14. The summed E-state index contributed by atoms with van der Waals surface area (Å²) < 4.78 is 0. The number of aromatic nitrogens is 1. The highest BCUT2D eigenvalue weighted by Gasteiger charge is 2.05. The van der Waals surface area contributed by atoms with Crippen molar-refractivity contribution in [2.24, 2.45) is 0 Å². The largest absolute Gasteiger partial charge is 0.367 e. The van der Waals surface area contributed by atoms with Crippen molar-refractivity contribution in [1.82, 2.24) is 10.3 Å². The maximum atomic E-state index is 6.14. The van der Waals surface area contributed by atoms with Gasteiger partial charge in [0.2, 0.25) is 0 Å². The Morgan fingerprint density at radius 1 is 1.29 bits per heavy atom. The minimum Gasteiger partial charge on any atom is -0.367 e. The Labute approximate surface area is 107 Å². The van der Waals surface area contributed by atoms with Gasteiger partial charge < -0.3 is 10.3 Å². The van der Waals surface area contributed by atoms with Crippen molar-refractivity contribution in [2.45, 2.75) is 25.9 Å². The third-order valence-corrected chi connectivity index (χ3v) is 3.17. The van der Waals surface area contributed by atoms with E-state index in [1.54, 1.807) is 0 Å². The van der Waals surface area contributed by atoms with Gasteiger partial charge in [-0.05, 0) is 36.6 Å². The molecular weight excluding hydrogens is 232 g/mol. The number of hydrogen-bond donors (Lipinski definition) is 2. The van der Waals surface area contributed by atoms with Gasteiger partial charge >= 0.3 is 0 Å². The van der Waals surface area contributed by atoms with Crippen LogP contribution >= 0.6 is 11.6 Å². The van der Waals surface area contributed by atoms with E-state index < -0.39 is 0 Å². The zero-order valence-corrected chi connectivity index (χ0v) is 10.7. The van der Waals surface area contributed by atoms with Crippen molar-refractivity contribution < 1.29 is 0 Å². The van der Waals surface area contributed by atoms with E-state index in [0.717, 1.165) is 18.0 Å². The molecule has 1 atom stereocenters. The summed E-state index contributed by atoms with van der Waals surface area (Å²) in [6.45, 7) is 3.06. The van der Waals surface area contributed by atoms with Crippen LogP contribution in [0, 0.1) is 0 Å². The molecule has 1 heterocycles. The molecule has 0 spiro atoms. The van der Waals surface area contributed by atoms with Gasteiger partial charge in [0.25, 0.3) is 0 Å². The molecular formula is C14H17ClN2. The zero-order chi connectivity index (χ0) is 12.1. The maximum absolute atomic E-state index is 6.14. The molecule has 0 saturated carbocycles. The van der Waals surface area contributed by atoms with E-state index in [0.29, 0.717) is 6.04 Å². The van der Waals surface area contributed by atoms with Crippen LogP contribution in [-0.4, -0.2) is 11.0 Å². The topological polar surface area (TPSA) is 27.8 Å². The number of halogens is 1. The first-order valence-corrected chi connectivity index (χ1v) is 6.22. The molecule has 1 unspecified atom stereocenters. The van der Waals surface area contributed by atoms with Crippen molar-refractivity contribution in [3.8, 4) is 0 Å². The number of rotatable bonds is 5. The van der Waals surface area contributed by atoms with Crippen LogP contribution < -0.4 is 5.32 Å². The van der Waals surface area contributed by atoms with E-state index in [9.17, 15) is 0 Å². The minimum absolute atomic E-state index is 0.407. The van der Waals surface area contributed by atoms with Gasteiger partial charge in [0.15, 0.2) is 0 Å². The molecule has 2 nitrogen and oxygen atoms in total. The third-order valence-electron chi connectivity index (χ3n) is 2.80. The Morgan fingerprint density at radius 2 is 2.12 bits per heavy atom. The van der Waals surface area contributed by atoms with E-state index in [4.69, 9.17) is 11.6 Å². The zero-order valence-electron chi connectivity index (χ0n) is 9.91. The predicted octanol–water partition coefficient (Wildman–Crippen LogP) is 3.39. The van der Waals surface area contributed by atoms with Gasteiger partial charge in [0, 0.05) is 30.0 Å². The summed E-state index contributed by atoms with van der Waals surface area (Å²) in [6, 6.07) is 10.5. The molecule has 0 saturated heterocycles. The smallest absolute Gasteiger partial charge is 0.0438 e. The minimum atomic E-state index is 0.407. The van der Waals surface area contributed by atoms with Crippen LogP contribution in [0.1, 0.15) is 18.1 Å². The molecule has 3 heteroatoms. The molecule has 0 aliphatic heterocycles. The molecule has 2 aromatic rings. The molecule has 17 heavy (non-hydrogen) atoms. The first-order valence-electron chi connectivity index (χ1n) is 5.84. The fraction of sp³-hybridized carbons (Fsp3) is 0.286. The quantitative estimate of drug-likeness (QED) is 0.834. The van der Waals surface area contributed by atoms with Gasteiger partial charge in [-0.25, -0.2) is 0 Å². The van der Waals surface area contributed by atoms with Crippen LogP contribution in [0.3, 0.4) is 0 Å². The summed E-state index contributed by atoms with van der Waals surface area (Å²) in [4.78, 5) is 3.05. The summed E-state index contributed by atoms with van der Waals surface area (Å²) in [5.41, 5.74) is 2.47. The summed E-state index contributed by atoms with van der Waals surface area (Å²) in [5, 5.41) is 4.33. The molecule has 0 aliphatic rings. The van der Waals surface area contributed by atoms with Crippen molar-refractivity contribution in [2.75, 3.05) is 0 Å². The number of hydrogen-bond acceptors (Lipinski definition) is 1. The molecule has 2 rings (SSSR count). The molecule has 0 fully saturated rings. The first kappa shape index (κ1) is 12.2. The van der Waals surface area contributed by atoms with Crippen molar-refractivity contribution >= 4 is 11.6 Å². The normalized spacial score (nSPS) is 12.6. The lowest BCUT2D eigenvalue weighted by Crippen LogP contribution is -2.27. The second-order valence-corrected chi connectivity index (χ2v) is 4.70. The Morgan fingerprint density at radius 3 is 2.82 bits per heavy atom. The Balaban J connectivity index is 1.85. The van der Waals surface area contributed by atoms with Crippen LogP contribution in [0.4, 0.5) is 0 Å². The van der Waals surface area contributed by atoms with Gasteiger partial charge in [0.05, 0.1) is 0 Å². The van der Waals surface area contributed by atoms with Gasteiger partial charge in [-0.1, -0.05) is 29.8 Å². The van der Waals surface area contributed by atoms with E-state index in [1.165, 1.54) is 11.1 Å². The first-order chi connectivity index (χ1) is 8.25. The third kappa shape index (κ3) is 3.62. The average molecular weight is 249 g/mol. The molecule has 0 radical (unpaired) electrons. The summed E-state index contributed by atoms with van der Waals surface area (Å²) in [5.74, 6) is 0. The average Bonchev–Trinajstić information content (AvgIpc) is 2.82. The van der Waals surface area contributed by atoms with Crippen molar-refractivity contribution in [3.05, 3.63) is 58.9 Å². The van der Waals surface area contributed by atoms with Crippen LogP contribution in [-0.2, 0) is 13.0 Å². The molecule has 1 aromatic heterocycles. The number of aromatic amines is 1. The number of benzene rings is 1. The lowest BCUT2D eigenvalue weighted by molar-refractivity contribution is 0.546. The Bertz CT molecular complexity index is 451. The standard InChI is InChI=1S/C14H17ClN2/c1-11(17-10-12-6-7-16-9-12)8-13-4-2-3-5-14(13)15/h2-7,9,11,16-17H,8,10H2,1H3. The summed E-state index contributed by atoms with van der Waals surface area (Å²) >= 11 is 6.14. The second-order valence-electron chi connectivity index (χ2n) is 4.30. The van der Waals surface area contributed by atoms with Gasteiger partial charge in [0.1, 0.15) is 0 Å². The van der Waals surface area contributed by atoms with Crippen LogP contribution in [0.2, 0.25) is 5.02 Å². The molecule has 0 bridgehead atoms. The number of H-pyrrole nitrogens is 1. The van der Waals surface area contributed by atoms with E-state index in [2.05, 4.69) is 29.4 Å². The summed E-state index contributed by atoms with van der Waals surface area (Å²) in [6.07, 6.45) is 4.90.